The van der Waals surface area contributed by atoms with Gasteiger partial charge < -0.3 is 0 Å². The van der Waals surface area contributed by atoms with Crippen LogP contribution in [0.2, 0.25) is 0 Å². The van der Waals surface area contributed by atoms with Crippen LogP contribution in [0.1, 0.15) is 23.6 Å². The van der Waals surface area contributed by atoms with Gasteiger partial charge in [0.15, 0.2) is 0 Å². The Balaban J connectivity index is 0.000000515. The van der Waals surface area contributed by atoms with Crippen LogP contribution in [0.4, 0.5) is 5.69 Å². The van der Waals surface area contributed by atoms with Gasteiger partial charge in [-0.15, -0.1) is 0 Å². The average Bonchev–Trinajstić information content (AvgIpc) is 3.80. The zero-order valence-corrected chi connectivity index (χ0v) is 30.1. The Morgan fingerprint density at radius 2 is 0.906 bits per heavy atom. The zero-order valence-electron chi connectivity index (χ0n) is 30.1. The van der Waals surface area contributed by atoms with E-state index in [9.17, 15) is 0 Å². The monoisotopic (exact) mass is 685 g/mol. The number of imidazole rings is 2. The second-order valence-corrected chi connectivity index (χ2v) is 13.1. The normalized spacial score (nSPS) is 11.4. The fourth-order valence-electron chi connectivity index (χ4n) is 6.68. The first-order valence-electron chi connectivity index (χ1n) is 17.9. The largest absolute Gasteiger partial charge is 0.292 e. The number of para-hydroxylation sites is 7. The summed E-state index contributed by atoms with van der Waals surface area (Å²) in [7, 11) is 0. The van der Waals surface area contributed by atoms with E-state index >= 15 is 0 Å². The van der Waals surface area contributed by atoms with Gasteiger partial charge in [0.1, 0.15) is 11.6 Å². The molecule has 7 aromatic carbocycles. The van der Waals surface area contributed by atoms with Crippen LogP contribution in [0.15, 0.2) is 187 Å². The highest BCUT2D eigenvalue weighted by atomic mass is 15.1. The van der Waals surface area contributed by atoms with E-state index in [1.165, 1.54) is 5.56 Å². The van der Waals surface area contributed by atoms with Crippen LogP contribution in [-0.4, -0.2) is 24.8 Å². The van der Waals surface area contributed by atoms with E-state index < -0.39 is 0 Å². The van der Waals surface area contributed by atoms with Gasteiger partial charge in [-0.3, -0.25) is 14.1 Å². The third kappa shape index (κ3) is 6.93. The lowest BCUT2D eigenvalue weighted by Crippen LogP contribution is -2.03. The van der Waals surface area contributed by atoms with E-state index in [2.05, 4.69) is 157 Å². The molecule has 0 aliphatic heterocycles. The molecule has 9 rings (SSSR count). The molecule has 0 unspecified atom stereocenters. The van der Waals surface area contributed by atoms with Gasteiger partial charge >= 0.3 is 0 Å². The summed E-state index contributed by atoms with van der Waals surface area (Å²) >= 11 is 0. The van der Waals surface area contributed by atoms with E-state index in [0.717, 1.165) is 78.7 Å². The third-order valence-electron chi connectivity index (χ3n) is 9.36. The van der Waals surface area contributed by atoms with Crippen molar-refractivity contribution in [3.8, 4) is 34.2 Å². The molecule has 0 saturated carbocycles. The van der Waals surface area contributed by atoms with Crippen molar-refractivity contribution >= 4 is 33.5 Å². The molecule has 0 atom stereocenters. The molecule has 5 heteroatoms. The predicted octanol–water partition coefficient (Wildman–Crippen LogP) is 12.1. The Morgan fingerprint density at radius 3 is 1.38 bits per heavy atom. The Kier molecular flexibility index (Phi) is 9.29. The molecule has 256 valence electrons. The lowest BCUT2D eigenvalue weighted by molar-refractivity contribution is 1.09. The molecule has 0 fully saturated rings. The minimum Gasteiger partial charge on any atom is -0.292 e. The number of rotatable bonds is 6. The molecule has 53 heavy (non-hydrogen) atoms. The highest BCUT2D eigenvalue weighted by Crippen LogP contribution is 2.35. The fraction of sp³-hybridized carbons (Fsp3) is 0.0625. The summed E-state index contributed by atoms with van der Waals surface area (Å²) in [5.74, 6) is 1.73. The standard InChI is InChI=1S/C41H31N5.C7H8/c1-28-15-9-10-20-35(28)42-29(2)30-25-31(40-43-36-21-11-13-23-38(36)45(40)33-16-5-3-6-17-33)27-32(26-30)41-44-37-22-12-14-24-39(37)46(41)34-18-7-4-8-19-34;1-7-5-3-2-4-6-7/h3-27H,1-2H3;2-6H,1H3. The molecular formula is C48H39N5. The predicted molar refractivity (Wildman–Crippen MR) is 221 cm³/mol. The number of fused-ring (bicyclic) bond motifs is 2. The van der Waals surface area contributed by atoms with Crippen molar-refractivity contribution in [2.45, 2.75) is 20.8 Å². The van der Waals surface area contributed by atoms with Crippen LogP contribution in [-0.2, 0) is 0 Å². The quantitative estimate of drug-likeness (QED) is 0.164. The maximum Gasteiger partial charge on any atom is 0.145 e. The molecular weight excluding hydrogens is 647 g/mol. The highest BCUT2D eigenvalue weighted by molar-refractivity contribution is 6.02. The van der Waals surface area contributed by atoms with Crippen molar-refractivity contribution in [1.82, 2.24) is 19.1 Å². The van der Waals surface area contributed by atoms with E-state index in [4.69, 9.17) is 15.0 Å². The van der Waals surface area contributed by atoms with Gasteiger partial charge in [0.2, 0.25) is 0 Å². The van der Waals surface area contributed by atoms with Crippen molar-refractivity contribution < 1.29 is 0 Å². The van der Waals surface area contributed by atoms with Crippen LogP contribution in [0.5, 0.6) is 0 Å². The van der Waals surface area contributed by atoms with Gasteiger partial charge in [0.25, 0.3) is 0 Å². The zero-order chi connectivity index (χ0) is 36.1. The van der Waals surface area contributed by atoms with Gasteiger partial charge in [-0.2, -0.15) is 0 Å². The van der Waals surface area contributed by atoms with E-state index in [1.807, 2.05) is 54.6 Å². The molecule has 0 saturated heterocycles. The van der Waals surface area contributed by atoms with Crippen LogP contribution >= 0.6 is 0 Å². The molecule has 5 nitrogen and oxygen atoms in total. The Bertz CT molecular complexity index is 2550. The SMILES string of the molecule is CC(=Nc1ccccc1C)c1cc(-c2nc3ccccc3n2-c2ccccc2)cc(-c2nc3ccccc3n2-c2ccccc2)c1.Cc1ccccc1. The molecule has 0 N–H and O–H groups in total. The van der Waals surface area contributed by atoms with Crippen LogP contribution in [0, 0.1) is 13.8 Å². The summed E-state index contributed by atoms with van der Waals surface area (Å²) in [6, 6.07) is 62.6. The maximum atomic E-state index is 5.21. The molecule has 0 aliphatic carbocycles. The van der Waals surface area contributed by atoms with Crippen LogP contribution in [0.25, 0.3) is 56.2 Å². The first-order valence-corrected chi connectivity index (χ1v) is 17.9. The summed E-state index contributed by atoms with van der Waals surface area (Å²) in [6.07, 6.45) is 0. The van der Waals surface area contributed by atoms with Gasteiger partial charge in [0.05, 0.1) is 27.8 Å². The summed E-state index contributed by atoms with van der Waals surface area (Å²) < 4.78 is 4.48. The van der Waals surface area contributed by atoms with Crippen molar-refractivity contribution in [3.05, 3.63) is 199 Å². The minimum absolute atomic E-state index is 0.863. The number of hydrogen-bond donors (Lipinski definition) is 0. The third-order valence-corrected chi connectivity index (χ3v) is 9.36. The first-order chi connectivity index (χ1) is 26.0. The van der Waals surface area contributed by atoms with Crippen molar-refractivity contribution in [1.29, 1.82) is 0 Å². The molecule has 0 radical (unpaired) electrons. The van der Waals surface area contributed by atoms with E-state index in [1.54, 1.807) is 0 Å². The molecule has 0 bridgehead atoms. The van der Waals surface area contributed by atoms with Crippen LogP contribution in [0.3, 0.4) is 0 Å². The number of benzene rings is 7. The lowest BCUT2D eigenvalue weighted by atomic mass is 10.0. The van der Waals surface area contributed by atoms with Crippen molar-refractivity contribution in [2.24, 2.45) is 4.99 Å². The summed E-state index contributed by atoms with van der Waals surface area (Å²) in [4.78, 5) is 15.5. The Hall–Kier alpha value is -6.85. The molecule has 0 aliphatic rings. The van der Waals surface area contributed by atoms with Gasteiger partial charge in [-0.05, 0) is 105 Å². The number of hydrogen-bond acceptors (Lipinski definition) is 3. The average molecular weight is 686 g/mol. The topological polar surface area (TPSA) is 48.0 Å². The van der Waals surface area contributed by atoms with Gasteiger partial charge in [0, 0.05) is 28.2 Å². The van der Waals surface area contributed by atoms with Crippen molar-refractivity contribution in [2.75, 3.05) is 0 Å². The number of aliphatic imine (C=N–C) groups is 1. The fourth-order valence-corrected chi connectivity index (χ4v) is 6.68. The minimum atomic E-state index is 0.863. The first kappa shape index (κ1) is 33.3. The molecule has 2 heterocycles. The Morgan fingerprint density at radius 1 is 0.472 bits per heavy atom. The number of aryl methyl sites for hydroxylation is 2. The molecule has 2 aromatic heterocycles. The van der Waals surface area contributed by atoms with E-state index in [0.29, 0.717) is 0 Å². The number of aromatic nitrogens is 4. The molecule has 9 aromatic rings. The second-order valence-electron chi connectivity index (χ2n) is 13.1. The summed E-state index contributed by atoms with van der Waals surface area (Å²) in [6.45, 7) is 6.26. The Labute approximate surface area is 310 Å². The molecule has 0 amide bonds. The molecule has 0 spiro atoms. The number of nitrogens with zero attached hydrogens (tertiary/aromatic N) is 5. The van der Waals surface area contributed by atoms with Crippen molar-refractivity contribution in [3.63, 3.8) is 0 Å². The lowest BCUT2D eigenvalue weighted by Gasteiger charge is -2.14. The highest BCUT2D eigenvalue weighted by Gasteiger charge is 2.20. The maximum absolute atomic E-state index is 5.21. The van der Waals surface area contributed by atoms with Crippen LogP contribution < -0.4 is 0 Å². The second kappa shape index (κ2) is 14.8. The van der Waals surface area contributed by atoms with E-state index in [-0.39, 0.29) is 0 Å². The summed E-state index contributed by atoms with van der Waals surface area (Å²) in [5, 5.41) is 0. The summed E-state index contributed by atoms with van der Waals surface area (Å²) in [5.41, 5.74) is 13.4. The smallest absolute Gasteiger partial charge is 0.145 e. The van der Waals surface area contributed by atoms with Gasteiger partial charge in [-0.1, -0.05) is 115 Å². The van der Waals surface area contributed by atoms with Gasteiger partial charge in [-0.25, -0.2) is 9.97 Å².